The molecule has 0 aliphatic heterocycles. The molecule has 3 nitrogen and oxygen atoms in total. The summed E-state index contributed by atoms with van der Waals surface area (Å²) in [5.74, 6) is -2.55. The standard InChI is InChI=1S/C13H14F4N2O/c1-3-8-4-11(18)10(14)5-9(8)7(2)12(20)19-6-13(15,16)17/h3-5,7H,1,6,18H2,2H3,(H,19,20)/t7-/m0/s1. The van der Waals surface area contributed by atoms with Crippen LogP contribution in [0.1, 0.15) is 24.0 Å². The minimum atomic E-state index is -4.50. The van der Waals surface area contributed by atoms with Crippen molar-refractivity contribution in [2.75, 3.05) is 12.3 Å². The van der Waals surface area contributed by atoms with Gasteiger partial charge in [-0.15, -0.1) is 0 Å². The lowest BCUT2D eigenvalue weighted by molar-refractivity contribution is -0.139. The summed E-state index contributed by atoms with van der Waals surface area (Å²) in [6.07, 6.45) is -3.14. The number of amides is 1. The van der Waals surface area contributed by atoms with Gasteiger partial charge in [-0.2, -0.15) is 13.2 Å². The fourth-order valence-corrected chi connectivity index (χ4v) is 1.66. The normalized spacial score (nSPS) is 12.8. The van der Waals surface area contributed by atoms with Crippen LogP contribution >= 0.6 is 0 Å². The second kappa shape index (κ2) is 5.94. The van der Waals surface area contributed by atoms with Crippen molar-refractivity contribution in [1.82, 2.24) is 5.32 Å². The van der Waals surface area contributed by atoms with E-state index in [-0.39, 0.29) is 11.3 Å². The zero-order chi connectivity index (χ0) is 15.5. The van der Waals surface area contributed by atoms with E-state index < -0.39 is 30.4 Å². The van der Waals surface area contributed by atoms with Crippen LogP contribution in [0.25, 0.3) is 6.08 Å². The van der Waals surface area contributed by atoms with Gasteiger partial charge in [0.25, 0.3) is 0 Å². The van der Waals surface area contributed by atoms with E-state index in [1.165, 1.54) is 19.1 Å². The molecule has 0 aliphatic carbocycles. The Morgan fingerprint density at radius 1 is 1.50 bits per heavy atom. The maximum absolute atomic E-state index is 13.4. The zero-order valence-corrected chi connectivity index (χ0v) is 10.7. The zero-order valence-electron chi connectivity index (χ0n) is 10.7. The molecule has 1 aromatic carbocycles. The molecule has 7 heteroatoms. The number of carbonyl (C=O) groups is 1. The smallest absolute Gasteiger partial charge is 0.396 e. The van der Waals surface area contributed by atoms with E-state index >= 15 is 0 Å². The van der Waals surface area contributed by atoms with Crippen LogP contribution in [0.4, 0.5) is 23.2 Å². The quantitative estimate of drug-likeness (QED) is 0.662. The lowest BCUT2D eigenvalue weighted by atomic mass is 9.94. The summed E-state index contributed by atoms with van der Waals surface area (Å²) < 4.78 is 49.5. The van der Waals surface area contributed by atoms with Crippen LogP contribution in [0, 0.1) is 5.82 Å². The number of nitrogen functional groups attached to an aromatic ring is 1. The van der Waals surface area contributed by atoms with E-state index in [0.29, 0.717) is 5.56 Å². The summed E-state index contributed by atoms with van der Waals surface area (Å²) in [4.78, 5) is 11.7. The number of carbonyl (C=O) groups excluding carboxylic acids is 1. The summed E-state index contributed by atoms with van der Waals surface area (Å²) in [5.41, 5.74) is 5.90. The summed E-state index contributed by atoms with van der Waals surface area (Å²) in [6, 6.07) is 2.31. The predicted octanol–water partition coefficient (Wildman–Crippen LogP) is 2.83. The highest BCUT2D eigenvalue weighted by Gasteiger charge is 2.29. The topological polar surface area (TPSA) is 55.1 Å². The highest BCUT2D eigenvalue weighted by Crippen LogP contribution is 2.26. The Hall–Kier alpha value is -2.05. The third kappa shape index (κ3) is 3.97. The molecule has 3 N–H and O–H groups in total. The molecule has 1 amide bonds. The molecule has 0 unspecified atom stereocenters. The monoisotopic (exact) mass is 290 g/mol. The molecule has 1 atom stereocenters. The SMILES string of the molecule is C=Cc1cc(N)c(F)cc1[C@H](C)C(=O)NCC(F)(F)F. The molecule has 110 valence electrons. The van der Waals surface area contributed by atoms with Crippen LogP contribution in [0.15, 0.2) is 18.7 Å². The molecule has 20 heavy (non-hydrogen) atoms. The molecule has 0 bridgehead atoms. The van der Waals surface area contributed by atoms with Crippen LogP contribution < -0.4 is 11.1 Å². The van der Waals surface area contributed by atoms with E-state index in [9.17, 15) is 22.4 Å². The Kier molecular flexibility index (Phi) is 4.75. The summed E-state index contributed by atoms with van der Waals surface area (Å²) >= 11 is 0. The fourth-order valence-electron chi connectivity index (χ4n) is 1.66. The number of anilines is 1. The van der Waals surface area contributed by atoms with Crippen molar-refractivity contribution in [3.8, 4) is 0 Å². The third-order valence-corrected chi connectivity index (χ3v) is 2.75. The van der Waals surface area contributed by atoms with Gasteiger partial charge >= 0.3 is 6.18 Å². The Morgan fingerprint density at radius 2 is 2.10 bits per heavy atom. The van der Waals surface area contributed by atoms with Crippen molar-refractivity contribution in [2.45, 2.75) is 19.0 Å². The lowest BCUT2D eigenvalue weighted by Gasteiger charge is -2.16. The molecule has 0 saturated heterocycles. The summed E-state index contributed by atoms with van der Waals surface area (Å²) in [6.45, 7) is 3.44. The van der Waals surface area contributed by atoms with Crippen LogP contribution in [-0.4, -0.2) is 18.6 Å². The van der Waals surface area contributed by atoms with Gasteiger partial charge in [-0.3, -0.25) is 4.79 Å². The minimum absolute atomic E-state index is 0.119. The first kappa shape index (κ1) is 16.0. The number of alkyl halides is 3. The number of nitrogens with one attached hydrogen (secondary N) is 1. The van der Waals surface area contributed by atoms with E-state index in [0.717, 1.165) is 6.07 Å². The van der Waals surface area contributed by atoms with E-state index in [4.69, 9.17) is 5.73 Å². The fraction of sp³-hybridized carbons (Fsp3) is 0.308. The Morgan fingerprint density at radius 3 is 2.60 bits per heavy atom. The van der Waals surface area contributed by atoms with Gasteiger partial charge < -0.3 is 11.1 Å². The third-order valence-electron chi connectivity index (χ3n) is 2.75. The molecule has 0 saturated carbocycles. The van der Waals surface area contributed by atoms with Crippen molar-refractivity contribution >= 4 is 17.7 Å². The second-order valence-corrected chi connectivity index (χ2v) is 4.26. The number of benzene rings is 1. The molecule has 0 heterocycles. The van der Waals surface area contributed by atoms with Crippen LogP contribution in [0.2, 0.25) is 0 Å². The summed E-state index contributed by atoms with van der Waals surface area (Å²) in [5, 5.41) is 1.75. The van der Waals surface area contributed by atoms with Crippen LogP contribution in [0.5, 0.6) is 0 Å². The first-order valence-electron chi connectivity index (χ1n) is 5.71. The lowest BCUT2D eigenvalue weighted by Crippen LogP contribution is -2.36. The molecule has 0 fully saturated rings. The number of hydrogen-bond donors (Lipinski definition) is 2. The van der Waals surface area contributed by atoms with E-state index in [2.05, 4.69) is 6.58 Å². The van der Waals surface area contributed by atoms with Crippen molar-refractivity contribution in [3.63, 3.8) is 0 Å². The molecule has 0 spiro atoms. The second-order valence-electron chi connectivity index (χ2n) is 4.26. The highest BCUT2D eigenvalue weighted by molar-refractivity contribution is 5.84. The highest BCUT2D eigenvalue weighted by atomic mass is 19.4. The van der Waals surface area contributed by atoms with Crippen LogP contribution in [-0.2, 0) is 4.79 Å². The van der Waals surface area contributed by atoms with Gasteiger partial charge in [0.1, 0.15) is 12.4 Å². The van der Waals surface area contributed by atoms with Gasteiger partial charge in [-0.25, -0.2) is 4.39 Å². The molecular formula is C13H14F4N2O. The molecule has 1 rings (SSSR count). The van der Waals surface area contributed by atoms with Crippen molar-refractivity contribution < 1.29 is 22.4 Å². The Balaban J connectivity index is 2.96. The first-order chi connectivity index (χ1) is 9.15. The van der Waals surface area contributed by atoms with Crippen LogP contribution in [0.3, 0.4) is 0 Å². The predicted molar refractivity (Wildman–Crippen MR) is 68.4 cm³/mol. The molecule has 0 aliphatic rings. The summed E-state index contributed by atoms with van der Waals surface area (Å²) in [7, 11) is 0. The molecule has 0 radical (unpaired) electrons. The molecule has 1 aromatic rings. The van der Waals surface area contributed by atoms with E-state index in [1.54, 1.807) is 5.32 Å². The largest absolute Gasteiger partial charge is 0.405 e. The van der Waals surface area contributed by atoms with Gasteiger partial charge in [-0.05, 0) is 30.2 Å². The van der Waals surface area contributed by atoms with E-state index in [1.807, 2.05) is 0 Å². The minimum Gasteiger partial charge on any atom is -0.396 e. The average molecular weight is 290 g/mol. The molecule has 0 aromatic heterocycles. The van der Waals surface area contributed by atoms with Gasteiger partial charge in [0, 0.05) is 0 Å². The number of hydrogen-bond acceptors (Lipinski definition) is 2. The van der Waals surface area contributed by atoms with Crippen molar-refractivity contribution in [3.05, 3.63) is 35.7 Å². The average Bonchev–Trinajstić information content (AvgIpc) is 2.36. The first-order valence-corrected chi connectivity index (χ1v) is 5.71. The Labute approximate surface area is 113 Å². The van der Waals surface area contributed by atoms with Gasteiger partial charge in [0.15, 0.2) is 0 Å². The Bertz CT molecular complexity index is 526. The molecular weight excluding hydrogens is 276 g/mol. The van der Waals surface area contributed by atoms with Gasteiger partial charge in [0.05, 0.1) is 11.6 Å². The van der Waals surface area contributed by atoms with Gasteiger partial charge in [0.2, 0.25) is 5.91 Å². The number of rotatable bonds is 4. The van der Waals surface area contributed by atoms with Crippen molar-refractivity contribution in [1.29, 1.82) is 0 Å². The number of halogens is 4. The van der Waals surface area contributed by atoms with Gasteiger partial charge in [-0.1, -0.05) is 12.7 Å². The maximum atomic E-state index is 13.4. The number of nitrogens with two attached hydrogens (primary N) is 1. The van der Waals surface area contributed by atoms with Crippen molar-refractivity contribution in [2.24, 2.45) is 0 Å². The maximum Gasteiger partial charge on any atom is 0.405 e.